The molecule has 172 valence electrons. The molecule has 1 amide bonds. The van der Waals surface area contributed by atoms with E-state index in [0.29, 0.717) is 5.75 Å². The van der Waals surface area contributed by atoms with Gasteiger partial charge >= 0.3 is 5.97 Å². The second-order valence-corrected chi connectivity index (χ2v) is 9.40. The Morgan fingerprint density at radius 3 is 2.31 bits per heavy atom. The van der Waals surface area contributed by atoms with Crippen molar-refractivity contribution in [3.63, 3.8) is 0 Å². The van der Waals surface area contributed by atoms with Crippen molar-refractivity contribution in [3.8, 4) is 5.75 Å². The first-order valence-corrected chi connectivity index (χ1v) is 12.1. The number of hydrogen-bond donors (Lipinski definition) is 2. The molecule has 0 heterocycles. The van der Waals surface area contributed by atoms with Crippen LogP contribution in [0.25, 0.3) is 0 Å². The van der Waals surface area contributed by atoms with Crippen molar-refractivity contribution in [3.05, 3.63) is 54.1 Å². The van der Waals surface area contributed by atoms with Gasteiger partial charge in [-0.3, -0.25) is 9.52 Å². The van der Waals surface area contributed by atoms with Crippen LogP contribution in [0.5, 0.6) is 5.75 Å². The average Bonchev–Trinajstić information content (AvgIpc) is 2.79. The maximum absolute atomic E-state index is 12.8. The Morgan fingerprint density at radius 2 is 1.66 bits per heavy atom. The van der Waals surface area contributed by atoms with Crippen LogP contribution in [0.3, 0.4) is 0 Å². The van der Waals surface area contributed by atoms with Crippen molar-refractivity contribution in [1.29, 1.82) is 0 Å². The predicted octanol–water partition coefficient (Wildman–Crippen LogP) is 3.49. The minimum absolute atomic E-state index is 0.0103. The summed E-state index contributed by atoms with van der Waals surface area (Å²) in [6, 6.07) is 12.1. The summed E-state index contributed by atoms with van der Waals surface area (Å²) in [7, 11) is -2.73. The van der Waals surface area contributed by atoms with Gasteiger partial charge in [0.1, 0.15) is 5.75 Å². The highest BCUT2D eigenvalue weighted by molar-refractivity contribution is 7.92. The number of rotatable bonds is 8. The summed E-state index contributed by atoms with van der Waals surface area (Å²) in [4.78, 5) is 24.2. The molecule has 1 fully saturated rings. The van der Waals surface area contributed by atoms with Gasteiger partial charge in [0.15, 0.2) is 6.10 Å². The topological polar surface area (TPSA) is 111 Å². The molecule has 0 aliphatic heterocycles. The van der Waals surface area contributed by atoms with E-state index in [1.54, 1.807) is 19.1 Å². The van der Waals surface area contributed by atoms with Crippen LogP contribution in [-0.2, 0) is 19.6 Å². The highest BCUT2D eigenvalue weighted by Gasteiger charge is 2.22. The number of amides is 1. The molecule has 1 aliphatic carbocycles. The van der Waals surface area contributed by atoms with Crippen LogP contribution in [0.1, 0.15) is 49.4 Å². The maximum Gasteiger partial charge on any atom is 0.339 e. The molecular formula is C23H28N2O6S. The summed E-state index contributed by atoms with van der Waals surface area (Å²) < 4.78 is 38.3. The molecule has 1 aliphatic rings. The van der Waals surface area contributed by atoms with E-state index in [1.807, 2.05) is 0 Å². The summed E-state index contributed by atoms with van der Waals surface area (Å²) >= 11 is 0. The molecule has 0 spiro atoms. The molecule has 2 aromatic rings. The van der Waals surface area contributed by atoms with Crippen LogP contribution in [-0.4, -0.2) is 39.5 Å². The van der Waals surface area contributed by atoms with Crippen LogP contribution in [0.2, 0.25) is 0 Å². The fraction of sp³-hybridized carbons (Fsp3) is 0.391. The quantitative estimate of drug-likeness (QED) is 0.584. The van der Waals surface area contributed by atoms with Gasteiger partial charge in [0.2, 0.25) is 0 Å². The van der Waals surface area contributed by atoms with E-state index < -0.39 is 22.1 Å². The number of sulfonamides is 1. The van der Waals surface area contributed by atoms with E-state index in [0.717, 1.165) is 25.7 Å². The fourth-order valence-electron chi connectivity index (χ4n) is 3.58. The van der Waals surface area contributed by atoms with Gasteiger partial charge in [-0.05, 0) is 56.2 Å². The van der Waals surface area contributed by atoms with Gasteiger partial charge in [-0.2, -0.15) is 0 Å². The van der Waals surface area contributed by atoms with Crippen LogP contribution < -0.4 is 14.8 Å². The molecule has 2 aromatic carbocycles. The summed E-state index contributed by atoms with van der Waals surface area (Å²) in [5.41, 5.74) is 0.226. The molecule has 2 N–H and O–H groups in total. The summed E-state index contributed by atoms with van der Waals surface area (Å²) in [5, 5.41) is 3.01. The number of benzene rings is 2. The van der Waals surface area contributed by atoms with Crippen molar-refractivity contribution in [2.45, 2.75) is 56.1 Å². The van der Waals surface area contributed by atoms with Gasteiger partial charge in [-0.1, -0.05) is 31.4 Å². The number of anilines is 1. The number of nitrogens with one attached hydrogen (secondary N) is 2. The molecule has 0 radical (unpaired) electrons. The lowest BCUT2D eigenvalue weighted by atomic mass is 9.95. The summed E-state index contributed by atoms with van der Waals surface area (Å²) in [6.45, 7) is 1.66. The van der Waals surface area contributed by atoms with Crippen molar-refractivity contribution >= 4 is 27.6 Å². The zero-order chi connectivity index (χ0) is 23.1. The summed E-state index contributed by atoms with van der Waals surface area (Å²) in [5.74, 6) is -0.451. The zero-order valence-corrected chi connectivity index (χ0v) is 19.0. The minimum atomic E-state index is -3.95. The van der Waals surface area contributed by atoms with Gasteiger partial charge in [-0.15, -0.1) is 0 Å². The van der Waals surface area contributed by atoms with Crippen LogP contribution in [0.4, 0.5) is 5.69 Å². The first-order valence-electron chi connectivity index (χ1n) is 10.6. The molecule has 0 bridgehead atoms. The Kier molecular flexibility index (Phi) is 7.74. The van der Waals surface area contributed by atoms with Gasteiger partial charge in [-0.25, -0.2) is 13.2 Å². The van der Waals surface area contributed by atoms with Crippen molar-refractivity contribution < 1.29 is 27.5 Å². The van der Waals surface area contributed by atoms with Crippen LogP contribution >= 0.6 is 0 Å². The molecule has 32 heavy (non-hydrogen) atoms. The predicted molar refractivity (Wildman–Crippen MR) is 120 cm³/mol. The normalized spacial score (nSPS) is 15.4. The SMILES string of the molecule is COC(=O)c1ccccc1NS(=O)(=O)c1ccc(O[C@@H](C)C(=O)NC2CCCCC2)cc1. The van der Waals surface area contributed by atoms with Crippen LogP contribution in [0.15, 0.2) is 53.4 Å². The van der Waals surface area contributed by atoms with E-state index in [-0.39, 0.29) is 28.1 Å². The van der Waals surface area contributed by atoms with E-state index >= 15 is 0 Å². The number of methoxy groups -OCH3 is 1. The van der Waals surface area contributed by atoms with E-state index in [9.17, 15) is 18.0 Å². The maximum atomic E-state index is 12.8. The fourth-order valence-corrected chi connectivity index (χ4v) is 4.66. The van der Waals surface area contributed by atoms with E-state index in [2.05, 4.69) is 10.0 Å². The lowest BCUT2D eigenvalue weighted by Gasteiger charge is -2.24. The van der Waals surface area contributed by atoms with Gasteiger partial charge in [0.05, 0.1) is 23.3 Å². The Bertz CT molecular complexity index is 1050. The summed E-state index contributed by atoms with van der Waals surface area (Å²) in [6.07, 6.45) is 4.71. The first kappa shape index (κ1) is 23.6. The third-order valence-electron chi connectivity index (χ3n) is 5.34. The molecule has 3 rings (SSSR count). The van der Waals surface area contributed by atoms with Crippen molar-refractivity contribution in [2.75, 3.05) is 11.8 Å². The molecule has 1 atom stereocenters. The number of para-hydroxylation sites is 1. The minimum Gasteiger partial charge on any atom is -0.481 e. The van der Waals surface area contributed by atoms with Gasteiger partial charge in [0, 0.05) is 6.04 Å². The highest BCUT2D eigenvalue weighted by Crippen LogP contribution is 2.23. The largest absolute Gasteiger partial charge is 0.481 e. The molecule has 9 heteroatoms. The second-order valence-electron chi connectivity index (χ2n) is 7.72. The molecule has 8 nitrogen and oxygen atoms in total. The molecule has 1 saturated carbocycles. The molecule has 0 aromatic heterocycles. The third kappa shape index (κ3) is 6.00. The first-order chi connectivity index (χ1) is 15.3. The molecule has 0 unspecified atom stereocenters. The van der Waals surface area contributed by atoms with Crippen molar-refractivity contribution in [2.24, 2.45) is 0 Å². The van der Waals surface area contributed by atoms with Crippen LogP contribution in [0, 0.1) is 0 Å². The lowest BCUT2D eigenvalue weighted by molar-refractivity contribution is -0.128. The van der Waals surface area contributed by atoms with Crippen molar-refractivity contribution in [1.82, 2.24) is 5.32 Å². The number of carbonyl (C=O) groups excluding carboxylic acids is 2. The zero-order valence-electron chi connectivity index (χ0n) is 18.2. The Morgan fingerprint density at radius 1 is 1.00 bits per heavy atom. The molecule has 0 saturated heterocycles. The smallest absolute Gasteiger partial charge is 0.339 e. The standard InChI is InChI=1S/C23H28N2O6S/c1-16(22(26)24-17-8-4-3-5-9-17)31-18-12-14-19(15-13-18)32(28,29)25-21-11-7-6-10-20(21)23(27)30-2/h6-7,10-17,25H,3-5,8-9H2,1-2H3,(H,24,26)/t16-/m0/s1. The number of ether oxygens (including phenoxy) is 2. The van der Waals surface area contributed by atoms with E-state index in [4.69, 9.17) is 9.47 Å². The Labute approximate surface area is 188 Å². The second kappa shape index (κ2) is 10.5. The molecular weight excluding hydrogens is 432 g/mol. The monoisotopic (exact) mass is 460 g/mol. The highest BCUT2D eigenvalue weighted by atomic mass is 32.2. The number of esters is 1. The Balaban J connectivity index is 1.64. The van der Waals surface area contributed by atoms with E-state index in [1.165, 1.54) is 49.9 Å². The van der Waals surface area contributed by atoms with Gasteiger partial charge in [0.25, 0.3) is 15.9 Å². The van der Waals surface area contributed by atoms with Gasteiger partial charge < -0.3 is 14.8 Å². The lowest BCUT2D eigenvalue weighted by Crippen LogP contribution is -2.43. The Hall–Kier alpha value is -3.07. The number of hydrogen-bond acceptors (Lipinski definition) is 6. The number of carbonyl (C=O) groups is 2. The third-order valence-corrected chi connectivity index (χ3v) is 6.73. The average molecular weight is 461 g/mol.